The van der Waals surface area contributed by atoms with Gasteiger partial charge in [0.05, 0.1) is 11.8 Å². The summed E-state index contributed by atoms with van der Waals surface area (Å²) in [5.41, 5.74) is 0.955. The fourth-order valence-electron chi connectivity index (χ4n) is 2.52. The maximum absolute atomic E-state index is 12.7. The molecule has 1 aromatic carbocycles. The number of amides is 1. The normalized spacial score (nSPS) is 21.2. The highest BCUT2D eigenvalue weighted by Crippen LogP contribution is 2.30. The zero-order valence-electron chi connectivity index (χ0n) is 10.9. The van der Waals surface area contributed by atoms with E-state index in [0.29, 0.717) is 0 Å². The molecule has 1 aliphatic heterocycles. The number of halogens is 2. The molecular formula is C13H15BrFNO3S. The molecular weight excluding hydrogens is 349 g/mol. The smallest absolute Gasteiger partial charge is 0.302 e. The van der Waals surface area contributed by atoms with Gasteiger partial charge in [0.15, 0.2) is 0 Å². The van der Waals surface area contributed by atoms with Crippen LogP contribution in [0, 0.1) is 5.92 Å². The Hall–Kier alpha value is -0.950. The number of hydrogen-bond donors (Lipinski definition) is 0. The fraction of sp³-hybridized carbons (Fsp3) is 0.462. The van der Waals surface area contributed by atoms with E-state index in [1.54, 1.807) is 4.90 Å². The van der Waals surface area contributed by atoms with Crippen molar-refractivity contribution < 1.29 is 17.1 Å². The molecule has 1 aliphatic rings. The molecule has 20 heavy (non-hydrogen) atoms. The summed E-state index contributed by atoms with van der Waals surface area (Å²) < 4.78 is 35.0. The molecule has 0 aromatic heterocycles. The van der Waals surface area contributed by atoms with Gasteiger partial charge in [-0.1, -0.05) is 28.1 Å². The Kier molecular flexibility index (Phi) is 4.49. The van der Waals surface area contributed by atoms with Crippen molar-refractivity contribution in [1.29, 1.82) is 0 Å². The summed E-state index contributed by atoms with van der Waals surface area (Å²) in [6.07, 6.45) is 0.0848. The summed E-state index contributed by atoms with van der Waals surface area (Å²) in [6.45, 7) is 2.15. The number of likely N-dealkylation sites (tertiary alicyclic amines) is 1. The van der Waals surface area contributed by atoms with Gasteiger partial charge < -0.3 is 4.90 Å². The molecule has 2 atom stereocenters. The third kappa shape index (κ3) is 3.79. The summed E-state index contributed by atoms with van der Waals surface area (Å²) in [4.78, 5) is 13.6. The van der Waals surface area contributed by atoms with Gasteiger partial charge in [-0.15, -0.1) is 3.89 Å². The van der Waals surface area contributed by atoms with Crippen LogP contribution >= 0.6 is 15.9 Å². The number of carbonyl (C=O) groups excluding carboxylic acids is 1. The molecule has 4 nitrogen and oxygen atoms in total. The van der Waals surface area contributed by atoms with Gasteiger partial charge in [0.1, 0.15) is 0 Å². The van der Waals surface area contributed by atoms with Crippen LogP contribution in [0.1, 0.15) is 24.9 Å². The Morgan fingerprint density at radius 3 is 2.80 bits per heavy atom. The molecule has 0 N–H and O–H groups in total. The van der Waals surface area contributed by atoms with Gasteiger partial charge in [0.2, 0.25) is 5.91 Å². The Morgan fingerprint density at radius 1 is 1.50 bits per heavy atom. The van der Waals surface area contributed by atoms with Crippen LogP contribution in [-0.4, -0.2) is 31.5 Å². The van der Waals surface area contributed by atoms with Gasteiger partial charge in [-0.3, -0.25) is 4.79 Å². The van der Waals surface area contributed by atoms with E-state index in [9.17, 15) is 17.1 Å². The van der Waals surface area contributed by atoms with Crippen molar-refractivity contribution >= 4 is 32.1 Å². The molecule has 1 fully saturated rings. The number of benzene rings is 1. The average molecular weight is 364 g/mol. The first kappa shape index (κ1) is 15.4. The minimum absolute atomic E-state index is 0.0848. The SMILES string of the molecule is CC(c1cccc(Br)c1)N1CC(CS(=O)(=O)F)CC1=O. The van der Waals surface area contributed by atoms with E-state index in [1.807, 2.05) is 31.2 Å². The predicted octanol–water partition coefficient (Wildman–Crippen LogP) is 2.66. The van der Waals surface area contributed by atoms with Crippen molar-refractivity contribution in [2.75, 3.05) is 12.3 Å². The Bertz CT molecular complexity index is 620. The lowest BCUT2D eigenvalue weighted by Gasteiger charge is -2.25. The summed E-state index contributed by atoms with van der Waals surface area (Å²) in [7, 11) is -4.54. The lowest BCUT2D eigenvalue weighted by Crippen LogP contribution is -2.29. The second-order valence-corrected chi connectivity index (χ2v) is 7.38. The van der Waals surface area contributed by atoms with E-state index < -0.39 is 21.9 Å². The molecule has 7 heteroatoms. The molecule has 0 spiro atoms. The lowest BCUT2D eigenvalue weighted by molar-refractivity contribution is -0.129. The second kappa shape index (κ2) is 5.81. The summed E-state index contributed by atoms with van der Waals surface area (Å²) in [5, 5.41) is 0. The van der Waals surface area contributed by atoms with E-state index in [1.165, 1.54) is 0 Å². The van der Waals surface area contributed by atoms with Crippen LogP contribution in [0.2, 0.25) is 0 Å². The van der Waals surface area contributed by atoms with Crippen molar-refractivity contribution in [3.63, 3.8) is 0 Å². The highest BCUT2D eigenvalue weighted by atomic mass is 79.9. The van der Waals surface area contributed by atoms with Crippen LogP contribution in [0.15, 0.2) is 28.7 Å². The molecule has 0 saturated carbocycles. The monoisotopic (exact) mass is 363 g/mol. The number of carbonyl (C=O) groups is 1. The van der Waals surface area contributed by atoms with E-state index in [0.717, 1.165) is 10.0 Å². The molecule has 1 amide bonds. The van der Waals surface area contributed by atoms with Crippen LogP contribution in [0.5, 0.6) is 0 Å². The van der Waals surface area contributed by atoms with Crippen molar-refractivity contribution in [3.05, 3.63) is 34.3 Å². The van der Waals surface area contributed by atoms with Crippen molar-refractivity contribution in [1.82, 2.24) is 4.90 Å². The van der Waals surface area contributed by atoms with Crippen LogP contribution in [-0.2, 0) is 15.0 Å². The minimum Gasteiger partial charge on any atom is -0.336 e. The van der Waals surface area contributed by atoms with Crippen molar-refractivity contribution in [3.8, 4) is 0 Å². The van der Waals surface area contributed by atoms with Crippen LogP contribution in [0.3, 0.4) is 0 Å². The largest absolute Gasteiger partial charge is 0.336 e. The van der Waals surface area contributed by atoms with Gasteiger partial charge in [0.25, 0.3) is 0 Å². The molecule has 2 unspecified atom stereocenters. The number of rotatable bonds is 4. The standard InChI is InChI=1S/C13H15BrFNO3S/c1-9(11-3-2-4-12(14)6-11)16-7-10(5-13(16)17)8-20(15,18)19/h2-4,6,9-10H,5,7-8H2,1H3. The van der Waals surface area contributed by atoms with Crippen molar-refractivity contribution in [2.24, 2.45) is 5.92 Å². The first-order chi connectivity index (χ1) is 9.26. The Morgan fingerprint density at radius 2 is 2.20 bits per heavy atom. The number of hydrogen-bond acceptors (Lipinski definition) is 3. The predicted molar refractivity (Wildman–Crippen MR) is 77.3 cm³/mol. The third-order valence-electron chi connectivity index (χ3n) is 3.47. The summed E-state index contributed by atoms with van der Waals surface area (Å²) in [6, 6.07) is 7.42. The molecule has 0 aliphatic carbocycles. The Balaban J connectivity index is 2.11. The van der Waals surface area contributed by atoms with Gasteiger partial charge in [-0.05, 0) is 24.6 Å². The maximum atomic E-state index is 12.7. The third-order valence-corrected chi connectivity index (χ3v) is 4.83. The van der Waals surface area contributed by atoms with E-state index in [2.05, 4.69) is 15.9 Å². The van der Waals surface area contributed by atoms with Gasteiger partial charge >= 0.3 is 10.2 Å². The van der Waals surface area contributed by atoms with Crippen LogP contribution in [0.4, 0.5) is 3.89 Å². The fourth-order valence-corrected chi connectivity index (χ4v) is 3.73. The topological polar surface area (TPSA) is 54.5 Å². The van der Waals surface area contributed by atoms with Gasteiger partial charge in [0, 0.05) is 23.4 Å². The van der Waals surface area contributed by atoms with Crippen LogP contribution < -0.4 is 0 Å². The van der Waals surface area contributed by atoms with Crippen molar-refractivity contribution in [2.45, 2.75) is 19.4 Å². The first-order valence-corrected chi connectivity index (χ1v) is 8.58. The van der Waals surface area contributed by atoms with Crippen LogP contribution in [0.25, 0.3) is 0 Å². The minimum atomic E-state index is -4.54. The number of nitrogens with zero attached hydrogens (tertiary/aromatic N) is 1. The highest BCUT2D eigenvalue weighted by molar-refractivity contribution is 9.10. The summed E-state index contributed by atoms with van der Waals surface area (Å²) in [5.74, 6) is -1.18. The Labute approximate surface area is 126 Å². The molecule has 110 valence electrons. The van der Waals surface area contributed by atoms with E-state index >= 15 is 0 Å². The second-order valence-electron chi connectivity index (χ2n) is 5.05. The average Bonchev–Trinajstić information content (AvgIpc) is 2.66. The zero-order valence-corrected chi connectivity index (χ0v) is 13.3. The molecule has 1 aromatic rings. The molecule has 0 radical (unpaired) electrons. The van der Waals surface area contributed by atoms with Gasteiger partial charge in [-0.2, -0.15) is 8.42 Å². The quantitative estimate of drug-likeness (QED) is 0.772. The molecule has 1 heterocycles. The molecule has 2 rings (SSSR count). The first-order valence-electron chi connectivity index (χ1n) is 6.23. The van der Waals surface area contributed by atoms with E-state index in [4.69, 9.17) is 0 Å². The zero-order chi connectivity index (χ0) is 14.9. The molecule has 0 bridgehead atoms. The highest BCUT2D eigenvalue weighted by Gasteiger charge is 2.35. The lowest BCUT2D eigenvalue weighted by atomic mass is 10.1. The molecule has 1 saturated heterocycles. The summed E-state index contributed by atoms with van der Waals surface area (Å²) >= 11 is 3.37. The van der Waals surface area contributed by atoms with Gasteiger partial charge in [-0.25, -0.2) is 0 Å². The van der Waals surface area contributed by atoms with E-state index in [-0.39, 0.29) is 24.9 Å². The maximum Gasteiger partial charge on any atom is 0.302 e.